The first-order valence-corrected chi connectivity index (χ1v) is 5.18. The van der Waals surface area contributed by atoms with Crippen LogP contribution in [-0.4, -0.2) is 14.2 Å². The summed E-state index contributed by atoms with van der Waals surface area (Å²) in [5, 5.41) is 9.92. The van der Waals surface area contributed by atoms with E-state index in [9.17, 15) is 9.90 Å². The predicted molar refractivity (Wildman–Crippen MR) is 62.7 cm³/mol. The first kappa shape index (κ1) is 11.1. The number of imidazole rings is 1. The molecule has 6 heteroatoms. The largest absolute Gasteiger partial charge is 0.506 e. The number of hydrogen-bond donors (Lipinski definition) is 1. The number of aromatic nitrogens is 2. The van der Waals surface area contributed by atoms with Crippen molar-refractivity contribution in [1.82, 2.24) is 9.13 Å². The van der Waals surface area contributed by atoms with Crippen molar-refractivity contribution in [3.05, 3.63) is 45.1 Å². The van der Waals surface area contributed by atoms with Gasteiger partial charge in [-0.15, -0.1) is 0 Å². The van der Waals surface area contributed by atoms with Crippen LogP contribution in [0.3, 0.4) is 0 Å². The standard InChI is InChI=1S/C10H8Cl2N2O2/c1-13-2-3-14(10(13)16)8-5-9(15)7(12)4-6(8)11/h2-5,15H,1H3. The smallest absolute Gasteiger partial charge is 0.332 e. The fourth-order valence-electron chi connectivity index (χ4n) is 1.36. The highest BCUT2D eigenvalue weighted by molar-refractivity contribution is 6.36. The molecule has 0 bridgehead atoms. The average Bonchev–Trinajstić information content (AvgIpc) is 2.54. The molecule has 84 valence electrons. The molecule has 0 atom stereocenters. The van der Waals surface area contributed by atoms with Crippen LogP contribution in [0.15, 0.2) is 29.3 Å². The van der Waals surface area contributed by atoms with Gasteiger partial charge in [-0.3, -0.25) is 4.57 Å². The van der Waals surface area contributed by atoms with Gasteiger partial charge in [0.05, 0.1) is 15.7 Å². The molecule has 0 saturated heterocycles. The normalized spacial score (nSPS) is 10.7. The summed E-state index contributed by atoms with van der Waals surface area (Å²) >= 11 is 11.6. The molecule has 2 aromatic rings. The fourth-order valence-corrected chi connectivity index (χ4v) is 1.83. The van der Waals surface area contributed by atoms with Crippen LogP contribution in [0.2, 0.25) is 10.0 Å². The van der Waals surface area contributed by atoms with Crippen molar-refractivity contribution >= 4 is 23.2 Å². The van der Waals surface area contributed by atoms with Gasteiger partial charge in [-0.25, -0.2) is 4.79 Å². The summed E-state index contributed by atoms with van der Waals surface area (Å²) < 4.78 is 2.74. The number of aryl methyl sites for hydroxylation is 1. The molecular formula is C10H8Cl2N2O2. The number of hydrogen-bond acceptors (Lipinski definition) is 2. The Morgan fingerprint density at radius 1 is 1.19 bits per heavy atom. The van der Waals surface area contributed by atoms with E-state index in [1.165, 1.54) is 21.3 Å². The third-order valence-electron chi connectivity index (χ3n) is 2.22. The molecule has 1 aromatic carbocycles. The average molecular weight is 259 g/mol. The quantitative estimate of drug-likeness (QED) is 0.853. The second kappa shape index (κ2) is 3.88. The summed E-state index contributed by atoms with van der Waals surface area (Å²) in [7, 11) is 1.63. The van der Waals surface area contributed by atoms with Crippen molar-refractivity contribution in [2.24, 2.45) is 7.05 Å². The minimum Gasteiger partial charge on any atom is -0.506 e. The minimum absolute atomic E-state index is 0.114. The van der Waals surface area contributed by atoms with Crippen LogP contribution < -0.4 is 5.69 Å². The Morgan fingerprint density at radius 3 is 2.44 bits per heavy atom. The topological polar surface area (TPSA) is 47.2 Å². The Morgan fingerprint density at radius 2 is 1.88 bits per heavy atom. The molecule has 0 amide bonds. The minimum atomic E-state index is -0.247. The van der Waals surface area contributed by atoms with E-state index >= 15 is 0 Å². The van der Waals surface area contributed by atoms with Gasteiger partial charge in [-0.1, -0.05) is 23.2 Å². The number of phenolic OH excluding ortho intramolecular Hbond substituents is 1. The van der Waals surface area contributed by atoms with Crippen LogP contribution in [0, 0.1) is 0 Å². The summed E-state index contributed by atoms with van der Waals surface area (Å²) in [5.41, 5.74) is 0.151. The van der Waals surface area contributed by atoms with E-state index < -0.39 is 0 Å². The summed E-state index contributed by atoms with van der Waals surface area (Å²) in [4.78, 5) is 11.7. The Bertz CT molecular complexity index is 601. The highest BCUT2D eigenvalue weighted by Crippen LogP contribution is 2.31. The lowest BCUT2D eigenvalue weighted by Crippen LogP contribution is -2.20. The van der Waals surface area contributed by atoms with E-state index in [1.807, 2.05) is 0 Å². The number of rotatable bonds is 1. The Labute approximate surface area is 101 Å². The molecule has 0 saturated carbocycles. The molecule has 2 rings (SSSR count). The SMILES string of the molecule is Cn1ccn(-c2cc(O)c(Cl)cc2Cl)c1=O. The molecule has 4 nitrogen and oxygen atoms in total. The van der Waals surface area contributed by atoms with E-state index in [-0.39, 0.29) is 16.5 Å². The molecule has 16 heavy (non-hydrogen) atoms. The first-order chi connectivity index (χ1) is 7.50. The second-order valence-electron chi connectivity index (χ2n) is 3.32. The summed E-state index contributed by atoms with van der Waals surface area (Å²) in [6.45, 7) is 0. The van der Waals surface area contributed by atoms with E-state index in [0.29, 0.717) is 10.7 Å². The van der Waals surface area contributed by atoms with Crippen molar-refractivity contribution in [3.8, 4) is 11.4 Å². The van der Waals surface area contributed by atoms with Gasteiger partial charge >= 0.3 is 5.69 Å². The van der Waals surface area contributed by atoms with E-state index in [2.05, 4.69) is 0 Å². The molecule has 0 unspecified atom stereocenters. The number of nitrogens with zero attached hydrogens (tertiary/aromatic N) is 2. The second-order valence-corrected chi connectivity index (χ2v) is 4.13. The molecule has 1 N–H and O–H groups in total. The molecule has 0 spiro atoms. The number of halogens is 2. The van der Waals surface area contributed by atoms with Gasteiger partial charge < -0.3 is 9.67 Å². The lowest BCUT2D eigenvalue weighted by atomic mass is 10.3. The zero-order valence-electron chi connectivity index (χ0n) is 8.32. The van der Waals surface area contributed by atoms with Crippen LogP contribution in [0.5, 0.6) is 5.75 Å². The van der Waals surface area contributed by atoms with Gasteiger partial charge in [0, 0.05) is 25.5 Å². The monoisotopic (exact) mass is 258 g/mol. The van der Waals surface area contributed by atoms with Gasteiger partial charge in [0.1, 0.15) is 5.75 Å². The highest BCUT2D eigenvalue weighted by Gasteiger charge is 2.10. The van der Waals surface area contributed by atoms with Crippen molar-refractivity contribution in [2.45, 2.75) is 0 Å². The van der Waals surface area contributed by atoms with Crippen LogP contribution >= 0.6 is 23.2 Å². The predicted octanol–water partition coefficient (Wildman–Crippen LogP) is 2.19. The van der Waals surface area contributed by atoms with Crippen LogP contribution in [-0.2, 0) is 7.05 Å². The molecule has 0 radical (unpaired) electrons. The third-order valence-corrected chi connectivity index (χ3v) is 2.83. The number of benzene rings is 1. The molecule has 0 aliphatic rings. The van der Waals surface area contributed by atoms with Gasteiger partial charge in [0.2, 0.25) is 0 Å². The summed E-state index contributed by atoms with van der Waals surface area (Å²) in [5.74, 6) is -0.114. The lowest BCUT2D eigenvalue weighted by Gasteiger charge is -2.06. The van der Waals surface area contributed by atoms with E-state index in [0.717, 1.165) is 0 Å². The fraction of sp³-hybridized carbons (Fsp3) is 0.100. The van der Waals surface area contributed by atoms with Crippen LogP contribution in [0.25, 0.3) is 5.69 Å². The molecule has 1 aromatic heterocycles. The molecule has 0 aliphatic heterocycles. The van der Waals surface area contributed by atoms with E-state index in [4.69, 9.17) is 23.2 Å². The van der Waals surface area contributed by atoms with Gasteiger partial charge in [0.25, 0.3) is 0 Å². The number of phenols is 1. The van der Waals surface area contributed by atoms with Gasteiger partial charge in [-0.2, -0.15) is 0 Å². The zero-order chi connectivity index (χ0) is 11.9. The van der Waals surface area contributed by atoms with Crippen molar-refractivity contribution < 1.29 is 5.11 Å². The zero-order valence-corrected chi connectivity index (χ0v) is 9.83. The maximum atomic E-state index is 11.7. The Hall–Kier alpha value is -1.39. The third kappa shape index (κ3) is 1.70. The molecule has 0 aliphatic carbocycles. The Balaban J connectivity index is 2.70. The maximum absolute atomic E-state index is 11.7. The maximum Gasteiger partial charge on any atom is 0.332 e. The van der Waals surface area contributed by atoms with Crippen LogP contribution in [0.4, 0.5) is 0 Å². The number of aromatic hydroxyl groups is 1. The van der Waals surface area contributed by atoms with Gasteiger partial charge in [0.15, 0.2) is 0 Å². The van der Waals surface area contributed by atoms with Crippen molar-refractivity contribution in [3.63, 3.8) is 0 Å². The van der Waals surface area contributed by atoms with Crippen molar-refractivity contribution in [2.75, 3.05) is 0 Å². The Kier molecular flexibility index (Phi) is 2.69. The van der Waals surface area contributed by atoms with Crippen molar-refractivity contribution in [1.29, 1.82) is 0 Å². The first-order valence-electron chi connectivity index (χ1n) is 4.43. The summed E-state index contributed by atoms with van der Waals surface area (Å²) in [6, 6.07) is 2.75. The highest BCUT2D eigenvalue weighted by atomic mass is 35.5. The molecule has 1 heterocycles. The van der Waals surface area contributed by atoms with Crippen LogP contribution in [0.1, 0.15) is 0 Å². The van der Waals surface area contributed by atoms with Gasteiger partial charge in [-0.05, 0) is 6.07 Å². The molecule has 0 fully saturated rings. The summed E-state index contributed by atoms with van der Waals surface area (Å²) in [6.07, 6.45) is 3.17. The lowest BCUT2D eigenvalue weighted by molar-refractivity contribution is 0.475. The molecular weight excluding hydrogens is 251 g/mol. The van der Waals surface area contributed by atoms with E-state index in [1.54, 1.807) is 19.4 Å².